The van der Waals surface area contributed by atoms with E-state index >= 15 is 0 Å². The van der Waals surface area contributed by atoms with Crippen LogP contribution in [-0.2, 0) is 30.5 Å². The molecule has 0 unspecified atom stereocenters. The zero-order valence-corrected chi connectivity index (χ0v) is 18.1. The van der Waals surface area contributed by atoms with E-state index in [1.165, 1.54) is 16.7 Å². The summed E-state index contributed by atoms with van der Waals surface area (Å²) in [5, 5.41) is 1.30. The van der Waals surface area contributed by atoms with Crippen LogP contribution in [0.1, 0.15) is 34.4 Å². The monoisotopic (exact) mass is 446 g/mol. The lowest BCUT2D eigenvalue weighted by molar-refractivity contribution is -0.117. The summed E-state index contributed by atoms with van der Waals surface area (Å²) in [5.41, 5.74) is 12.9. The van der Waals surface area contributed by atoms with Crippen molar-refractivity contribution >= 4 is 41.5 Å². The van der Waals surface area contributed by atoms with E-state index in [2.05, 4.69) is 18.2 Å². The van der Waals surface area contributed by atoms with Crippen molar-refractivity contribution in [1.82, 2.24) is 4.98 Å². The summed E-state index contributed by atoms with van der Waals surface area (Å²) < 4.78 is 0. The number of nitrogens with two attached hydrogens (primary N) is 1. The number of halogens is 3. The van der Waals surface area contributed by atoms with Gasteiger partial charge in [-0.25, -0.2) is 0 Å². The first-order valence-electron chi connectivity index (χ1n) is 9.33. The number of rotatable bonds is 5. The Hall–Kier alpha value is -2.07. The standard InChI is InChI=1S/C23H20Cl2N2O.ClH/c24-17-8-9-20(25)19(13-17)22-12-16(18-2-1-3-21(18)27-22)10-14-4-6-15(7-5-14)11-23(26)28;/h4-9,12-13H,1-3,10-11H2,(H2,26,28);1H. The molecular weight excluding hydrogens is 427 g/mol. The molecule has 29 heavy (non-hydrogen) atoms. The van der Waals surface area contributed by atoms with Crippen molar-refractivity contribution in [3.63, 3.8) is 0 Å². The molecule has 150 valence electrons. The van der Waals surface area contributed by atoms with Crippen molar-refractivity contribution in [3.8, 4) is 11.3 Å². The average molecular weight is 448 g/mol. The van der Waals surface area contributed by atoms with Gasteiger partial charge in [0.05, 0.1) is 17.1 Å². The van der Waals surface area contributed by atoms with Gasteiger partial charge in [-0.1, -0.05) is 47.5 Å². The Morgan fingerprint density at radius 3 is 2.45 bits per heavy atom. The Kier molecular flexibility index (Phi) is 6.84. The van der Waals surface area contributed by atoms with Crippen molar-refractivity contribution in [2.45, 2.75) is 32.1 Å². The first-order chi connectivity index (χ1) is 13.5. The predicted octanol–water partition coefficient (Wildman–Crippen LogP) is 5.58. The molecule has 0 atom stereocenters. The predicted molar refractivity (Wildman–Crippen MR) is 121 cm³/mol. The first kappa shape index (κ1) is 21.6. The molecule has 1 aliphatic rings. The van der Waals surface area contributed by atoms with Crippen LogP contribution in [0.4, 0.5) is 0 Å². The van der Waals surface area contributed by atoms with Gasteiger partial charge in [-0.2, -0.15) is 0 Å². The molecule has 2 aromatic carbocycles. The van der Waals surface area contributed by atoms with Gasteiger partial charge in [-0.3, -0.25) is 9.78 Å². The van der Waals surface area contributed by atoms with Gasteiger partial charge in [0.25, 0.3) is 0 Å². The number of carbonyl (C=O) groups is 1. The lowest BCUT2D eigenvalue weighted by Crippen LogP contribution is -2.13. The van der Waals surface area contributed by atoms with Gasteiger partial charge in [0, 0.05) is 16.3 Å². The highest BCUT2D eigenvalue weighted by Crippen LogP contribution is 2.34. The van der Waals surface area contributed by atoms with Gasteiger partial charge in [-0.15, -0.1) is 12.4 Å². The highest BCUT2D eigenvalue weighted by Gasteiger charge is 2.19. The first-order valence-corrected chi connectivity index (χ1v) is 10.1. The minimum absolute atomic E-state index is 0. The number of pyridine rings is 1. The van der Waals surface area contributed by atoms with E-state index < -0.39 is 0 Å². The molecular formula is C23H21Cl3N2O. The summed E-state index contributed by atoms with van der Waals surface area (Å²) in [4.78, 5) is 16.0. The number of aryl methyl sites for hydroxylation is 1. The van der Waals surface area contributed by atoms with E-state index in [9.17, 15) is 4.79 Å². The van der Waals surface area contributed by atoms with E-state index in [-0.39, 0.29) is 24.7 Å². The Morgan fingerprint density at radius 2 is 1.72 bits per heavy atom. The van der Waals surface area contributed by atoms with Crippen LogP contribution in [0.3, 0.4) is 0 Å². The number of benzene rings is 2. The summed E-state index contributed by atoms with van der Waals surface area (Å²) in [6, 6.07) is 15.7. The van der Waals surface area contributed by atoms with Crippen LogP contribution in [-0.4, -0.2) is 10.9 Å². The zero-order valence-electron chi connectivity index (χ0n) is 15.8. The van der Waals surface area contributed by atoms with Crippen LogP contribution in [0.2, 0.25) is 10.0 Å². The number of nitrogens with zero attached hydrogens (tertiary/aromatic N) is 1. The number of hydrogen-bond donors (Lipinski definition) is 1. The number of aromatic nitrogens is 1. The van der Waals surface area contributed by atoms with Crippen LogP contribution < -0.4 is 5.73 Å². The Labute approximate surface area is 186 Å². The van der Waals surface area contributed by atoms with Crippen molar-refractivity contribution in [3.05, 3.63) is 86.5 Å². The number of amides is 1. The van der Waals surface area contributed by atoms with E-state index in [1.807, 2.05) is 24.3 Å². The maximum Gasteiger partial charge on any atom is 0.221 e. The van der Waals surface area contributed by atoms with Crippen LogP contribution in [0.15, 0.2) is 48.5 Å². The third kappa shape index (κ3) is 4.92. The lowest BCUT2D eigenvalue weighted by atomic mass is 9.96. The normalized spacial score (nSPS) is 12.3. The fourth-order valence-electron chi connectivity index (χ4n) is 3.81. The minimum Gasteiger partial charge on any atom is -0.369 e. The number of carbonyl (C=O) groups excluding carboxylic acids is 1. The Morgan fingerprint density at radius 1 is 1.00 bits per heavy atom. The summed E-state index contributed by atoms with van der Waals surface area (Å²) in [6.07, 6.45) is 4.25. The third-order valence-electron chi connectivity index (χ3n) is 5.14. The highest BCUT2D eigenvalue weighted by atomic mass is 35.5. The van der Waals surface area contributed by atoms with Crippen molar-refractivity contribution < 1.29 is 4.79 Å². The molecule has 3 nitrogen and oxygen atoms in total. The molecule has 0 radical (unpaired) electrons. The quantitative estimate of drug-likeness (QED) is 0.554. The summed E-state index contributed by atoms with van der Waals surface area (Å²) >= 11 is 12.6. The van der Waals surface area contributed by atoms with Crippen molar-refractivity contribution in [1.29, 1.82) is 0 Å². The zero-order chi connectivity index (χ0) is 19.7. The molecule has 2 N–H and O–H groups in total. The third-order valence-corrected chi connectivity index (χ3v) is 5.71. The molecule has 1 heterocycles. The summed E-state index contributed by atoms with van der Waals surface area (Å²) in [6.45, 7) is 0. The molecule has 0 spiro atoms. The molecule has 6 heteroatoms. The largest absolute Gasteiger partial charge is 0.369 e. The van der Waals surface area contributed by atoms with Gasteiger partial charge in [0.1, 0.15) is 0 Å². The van der Waals surface area contributed by atoms with Gasteiger partial charge in [0.15, 0.2) is 0 Å². The molecule has 1 aliphatic carbocycles. The number of primary amides is 1. The Balaban J connectivity index is 0.00000240. The molecule has 4 rings (SSSR count). The fraction of sp³-hybridized carbons (Fsp3) is 0.217. The van der Waals surface area contributed by atoms with Crippen LogP contribution in [0, 0.1) is 0 Å². The molecule has 0 saturated carbocycles. The van der Waals surface area contributed by atoms with E-state index in [0.717, 1.165) is 48.2 Å². The van der Waals surface area contributed by atoms with E-state index in [4.69, 9.17) is 33.9 Å². The second-order valence-corrected chi connectivity index (χ2v) is 8.05. The SMILES string of the molecule is Cl.NC(=O)Cc1ccc(Cc2cc(-c3cc(Cl)ccc3Cl)nc3c2CCC3)cc1. The van der Waals surface area contributed by atoms with Crippen LogP contribution in [0.25, 0.3) is 11.3 Å². The summed E-state index contributed by atoms with van der Waals surface area (Å²) in [5.74, 6) is -0.317. The molecule has 0 saturated heterocycles. The van der Waals surface area contributed by atoms with Gasteiger partial charge >= 0.3 is 0 Å². The molecule has 0 fully saturated rings. The van der Waals surface area contributed by atoms with Gasteiger partial charge < -0.3 is 5.73 Å². The second kappa shape index (κ2) is 9.17. The lowest BCUT2D eigenvalue weighted by Gasteiger charge is -2.13. The maximum atomic E-state index is 11.1. The maximum absolute atomic E-state index is 11.1. The van der Waals surface area contributed by atoms with Crippen molar-refractivity contribution in [2.24, 2.45) is 5.73 Å². The number of fused-ring (bicyclic) bond motifs is 1. The number of hydrogen-bond acceptors (Lipinski definition) is 2. The van der Waals surface area contributed by atoms with Crippen molar-refractivity contribution in [2.75, 3.05) is 0 Å². The molecule has 0 bridgehead atoms. The average Bonchev–Trinajstić information content (AvgIpc) is 3.14. The van der Waals surface area contributed by atoms with E-state index in [0.29, 0.717) is 10.0 Å². The van der Waals surface area contributed by atoms with Gasteiger partial charge in [0.2, 0.25) is 5.91 Å². The van der Waals surface area contributed by atoms with Gasteiger partial charge in [-0.05, 0) is 72.2 Å². The van der Waals surface area contributed by atoms with E-state index in [1.54, 1.807) is 6.07 Å². The van der Waals surface area contributed by atoms with Crippen LogP contribution >= 0.6 is 35.6 Å². The smallest absolute Gasteiger partial charge is 0.221 e. The topological polar surface area (TPSA) is 56.0 Å². The molecule has 1 amide bonds. The fourth-order valence-corrected chi connectivity index (χ4v) is 4.20. The minimum atomic E-state index is -0.317. The highest BCUT2D eigenvalue weighted by molar-refractivity contribution is 6.35. The molecule has 3 aromatic rings. The molecule has 1 aromatic heterocycles. The second-order valence-electron chi connectivity index (χ2n) is 7.21. The Bertz CT molecular complexity index is 1050. The van der Waals surface area contributed by atoms with Crippen LogP contribution in [0.5, 0.6) is 0 Å². The summed E-state index contributed by atoms with van der Waals surface area (Å²) in [7, 11) is 0. The molecule has 0 aliphatic heterocycles.